The van der Waals surface area contributed by atoms with E-state index in [-0.39, 0.29) is 12.2 Å². The molecular weight excluding hydrogens is 346 g/mol. The predicted molar refractivity (Wildman–Crippen MR) is 116 cm³/mol. The maximum Gasteiger partial charge on any atom is 0.231 e. The SMILES string of the molecule is CC1=CCc2cc(CC(=O)C(=O)c3c[nH]c4ccccc34)c(C)cc21.CCC. The molecule has 0 unspecified atom stereocenters. The molecule has 0 spiro atoms. The van der Waals surface area contributed by atoms with Crippen molar-refractivity contribution in [3.8, 4) is 0 Å². The van der Waals surface area contributed by atoms with Crippen LogP contribution in [0.1, 0.15) is 59.8 Å². The number of benzene rings is 2. The van der Waals surface area contributed by atoms with E-state index in [0.29, 0.717) is 5.56 Å². The highest BCUT2D eigenvalue weighted by molar-refractivity contribution is 6.46. The Labute approximate surface area is 166 Å². The highest BCUT2D eigenvalue weighted by Gasteiger charge is 2.22. The predicted octanol–water partition coefficient (Wildman–Crippen LogP) is 5.85. The molecule has 1 aliphatic rings. The number of rotatable bonds is 4. The summed E-state index contributed by atoms with van der Waals surface area (Å²) in [5.41, 5.74) is 7.12. The van der Waals surface area contributed by atoms with Crippen LogP contribution < -0.4 is 0 Å². The van der Waals surface area contributed by atoms with E-state index < -0.39 is 5.78 Å². The minimum absolute atomic E-state index is 0.149. The van der Waals surface area contributed by atoms with Gasteiger partial charge in [-0.1, -0.05) is 56.7 Å². The fourth-order valence-corrected chi connectivity index (χ4v) is 3.57. The molecule has 0 aliphatic heterocycles. The molecule has 0 saturated carbocycles. The molecule has 0 fully saturated rings. The summed E-state index contributed by atoms with van der Waals surface area (Å²) in [5, 5.41) is 0.798. The van der Waals surface area contributed by atoms with Gasteiger partial charge < -0.3 is 4.98 Å². The van der Waals surface area contributed by atoms with Crippen LogP contribution >= 0.6 is 0 Å². The van der Waals surface area contributed by atoms with Crippen LogP contribution in [0.3, 0.4) is 0 Å². The topological polar surface area (TPSA) is 49.9 Å². The first-order valence-corrected chi connectivity index (χ1v) is 9.89. The lowest BCUT2D eigenvalue weighted by Crippen LogP contribution is -2.17. The van der Waals surface area contributed by atoms with E-state index in [9.17, 15) is 9.59 Å². The van der Waals surface area contributed by atoms with Crippen molar-refractivity contribution >= 4 is 28.0 Å². The summed E-state index contributed by atoms with van der Waals surface area (Å²) in [7, 11) is 0. The number of hydrogen-bond donors (Lipinski definition) is 1. The van der Waals surface area contributed by atoms with E-state index in [1.807, 2.05) is 31.2 Å². The van der Waals surface area contributed by atoms with Gasteiger partial charge in [-0.3, -0.25) is 9.59 Å². The minimum Gasteiger partial charge on any atom is -0.360 e. The Kier molecular flexibility index (Phi) is 5.93. The number of ketones is 2. The fraction of sp³-hybridized carbons (Fsp3) is 0.280. The first-order valence-electron chi connectivity index (χ1n) is 9.89. The van der Waals surface area contributed by atoms with E-state index >= 15 is 0 Å². The summed E-state index contributed by atoms with van der Waals surface area (Å²) in [4.78, 5) is 28.3. The van der Waals surface area contributed by atoms with Gasteiger partial charge in [-0.05, 0) is 54.2 Å². The lowest BCUT2D eigenvalue weighted by atomic mass is 9.94. The number of para-hydroxylation sites is 1. The van der Waals surface area contributed by atoms with Gasteiger partial charge in [-0.25, -0.2) is 0 Å². The van der Waals surface area contributed by atoms with Crippen LogP contribution in [-0.2, 0) is 17.6 Å². The fourth-order valence-electron chi connectivity index (χ4n) is 3.57. The maximum atomic E-state index is 12.6. The first-order chi connectivity index (χ1) is 13.5. The molecule has 1 aromatic heterocycles. The van der Waals surface area contributed by atoms with Crippen molar-refractivity contribution in [1.82, 2.24) is 4.98 Å². The van der Waals surface area contributed by atoms with Crippen molar-refractivity contribution in [1.29, 1.82) is 0 Å². The molecule has 0 atom stereocenters. The molecule has 4 rings (SSSR count). The number of aryl methyl sites for hydroxylation is 1. The van der Waals surface area contributed by atoms with E-state index in [2.05, 4.69) is 44.0 Å². The average Bonchev–Trinajstić information content (AvgIpc) is 3.26. The normalized spacial score (nSPS) is 12.2. The van der Waals surface area contributed by atoms with Gasteiger partial charge in [0.15, 0.2) is 0 Å². The number of allylic oxidation sites excluding steroid dienone is 2. The van der Waals surface area contributed by atoms with Crippen molar-refractivity contribution in [2.45, 2.75) is 47.0 Å². The minimum atomic E-state index is -0.424. The van der Waals surface area contributed by atoms with Gasteiger partial charge in [0, 0.05) is 23.5 Å². The molecule has 2 aromatic carbocycles. The molecule has 1 N–H and O–H groups in total. The number of hydrogen-bond acceptors (Lipinski definition) is 2. The summed E-state index contributed by atoms with van der Waals surface area (Å²) < 4.78 is 0. The van der Waals surface area contributed by atoms with Crippen molar-refractivity contribution in [3.63, 3.8) is 0 Å². The van der Waals surface area contributed by atoms with E-state index in [4.69, 9.17) is 0 Å². The molecule has 3 aromatic rings. The molecule has 0 saturated heterocycles. The summed E-state index contributed by atoms with van der Waals surface area (Å²) >= 11 is 0. The Bertz CT molecular complexity index is 1070. The zero-order valence-corrected chi connectivity index (χ0v) is 17.1. The highest BCUT2D eigenvalue weighted by Crippen LogP contribution is 2.30. The van der Waals surface area contributed by atoms with Gasteiger partial charge in [0.2, 0.25) is 11.6 Å². The second-order valence-electron chi connectivity index (χ2n) is 7.41. The largest absolute Gasteiger partial charge is 0.360 e. The van der Waals surface area contributed by atoms with Crippen LogP contribution in [0.2, 0.25) is 0 Å². The second-order valence-corrected chi connectivity index (χ2v) is 7.41. The number of H-pyrrole nitrogens is 1. The molecule has 28 heavy (non-hydrogen) atoms. The van der Waals surface area contributed by atoms with E-state index in [1.54, 1.807) is 6.20 Å². The third-order valence-electron chi connectivity index (χ3n) is 5.05. The number of aromatic amines is 1. The molecule has 0 bridgehead atoms. The molecule has 1 aliphatic carbocycles. The third-order valence-corrected chi connectivity index (χ3v) is 5.05. The van der Waals surface area contributed by atoms with E-state index in [1.165, 1.54) is 23.1 Å². The summed E-state index contributed by atoms with van der Waals surface area (Å²) in [5.74, 6) is -0.790. The van der Waals surface area contributed by atoms with Crippen molar-refractivity contribution in [2.24, 2.45) is 0 Å². The van der Waals surface area contributed by atoms with Crippen LogP contribution in [0, 0.1) is 6.92 Å². The third kappa shape index (κ3) is 3.84. The Morgan fingerprint density at radius 3 is 2.54 bits per heavy atom. The zero-order chi connectivity index (χ0) is 20.3. The van der Waals surface area contributed by atoms with Crippen molar-refractivity contribution in [2.75, 3.05) is 0 Å². The molecule has 1 heterocycles. The number of Topliss-reactive ketones (excluding diaryl/α,β-unsaturated/α-hetero) is 2. The number of carbonyl (C=O) groups excluding carboxylic acids is 2. The number of fused-ring (bicyclic) bond motifs is 2. The van der Waals surface area contributed by atoms with Gasteiger partial charge in [0.25, 0.3) is 0 Å². The van der Waals surface area contributed by atoms with Gasteiger partial charge in [0.05, 0.1) is 5.56 Å². The monoisotopic (exact) mass is 373 g/mol. The molecule has 3 nitrogen and oxygen atoms in total. The van der Waals surface area contributed by atoms with Crippen LogP contribution in [-0.4, -0.2) is 16.6 Å². The van der Waals surface area contributed by atoms with Crippen LogP contribution in [0.5, 0.6) is 0 Å². The molecule has 0 amide bonds. The van der Waals surface area contributed by atoms with E-state index in [0.717, 1.165) is 28.5 Å². The summed E-state index contributed by atoms with van der Waals surface area (Å²) in [6, 6.07) is 11.7. The Balaban J connectivity index is 0.000000706. The molecule has 144 valence electrons. The Morgan fingerprint density at radius 2 is 1.79 bits per heavy atom. The van der Waals surface area contributed by atoms with Gasteiger partial charge in [-0.15, -0.1) is 0 Å². The molecule has 3 heteroatoms. The van der Waals surface area contributed by atoms with Gasteiger partial charge in [-0.2, -0.15) is 0 Å². The first kappa shape index (κ1) is 19.8. The number of carbonyl (C=O) groups is 2. The van der Waals surface area contributed by atoms with Gasteiger partial charge >= 0.3 is 0 Å². The average molecular weight is 373 g/mol. The summed E-state index contributed by atoms with van der Waals surface area (Å²) in [6.45, 7) is 8.36. The standard InChI is InChI=1S/C22H19NO2.C3H8/c1-13-7-8-15-10-16(14(2)9-18(13)15)11-21(24)22(25)19-12-23-20-6-4-3-5-17(19)20;1-3-2/h3-7,9-10,12,23H,8,11H2,1-2H3;3H2,1-2H3. The van der Waals surface area contributed by atoms with Crippen LogP contribution in [0.25, 0.3) is 16.5 Å². The zero-order valence-electron chi connectivity index (χ0n) is 17.1. The quantitative estimate of drug-likeness (QED) is 0.461. The summed E-state index contributed by atoms with van der Waals surface area (Å²) in [6.07, 6.45) is 6.13. The van der Waals surface area contributed by atoms with Gasteiger partial charge in [0.1, 0.15) is 0 Å². The number of aromatic nitrogens is 1. The van der Waals surface area contributed by atoms with Crippen LogP contribution in [0.15, 0.2) is 48.7 Å². The van der Waals surface area contributed by atoms with Crippen LogP contribution in [0.4, 0.5) is 0 Å². The smallest absolute Gasteiger partial charge is 0.231 e. The lowest BCUT2D eigenvalue weighted by Gasteiger charge is -2.10. The molecule has 0 radical (unpaired) electrons. The molecular formula is C25H27NO2. The van der Waals surface area contributed by atoms with Crippen molar-refractivity contribution in [3.05, 3.63) is 76.5 Å². The second kappa shape index (κ2) is 8.39. The van der Waals surface area contributed by atoms with Crippen molar-refractivity contribution < 1.29 is 9.59 Å². The maximum absolute atomic E-state index is 12.6. The number of nitrogens with one attached hydrogen (secondary N) is 1. The Hall–Kier alpha value is -2.94. The Morgan fingerprint density at radius 1 is 1.07 bits per heavy atom. The highest BCUT2D eigenvalue weighted by atomic mass is 16.2. The lowest BCUT2D eigenvalue weighted by molar-refractivity contribution is -0.114.